The maximum Gasteiger partial charge on any atom is 0.253 e. The van der Waals surface area contributed by atoms with E-state index in [4.69, 9.17) is 0 Å². The molecule has 1 aliphatic rings. The highest BCUT2D eigenvalue weighted by Gasteiger charge is 2.40. The molecule has 0 radical (unpaired) electrons. The van der Waals surface area contributed by atoms with E-state index in [1.807, 2.05) is 24.3 Å². The summed E-state index contributed by atoms with van der Waals surface area (Å²) in [5.74, 6) is 0.0578. The Hall–Kier alpha value is -4.63. The fraction of sp³-hybridized carbons (Fsp3) is 0.414. The minimum Gasteiger partial charge on any atom is -0.345 e. The van der Waals surface area contributed by atoms with E-state index in [0.717, 1.165) is 17.5 Å². The van der Waals surface area contributed by atoms with Crippen LogP contribution in [0.25, 0.3) is 0 Å². The van der Waals surface area contributed by atoms with Crippen molar-refractivity contribution >= 4 is 17.7 Å². The average Bonchev–Trinajstić information content (AvgIpc) is 3.70. The van der Waals surface area contributed by atoms with E-state index in [-0.39, 0.29) is 30.3 Å². The second-order valence-electron chi connectivity index (χ2n) is 10.5. The van der Waals surface area contributed by atoms with E-state index < -0.39 is 5.41 Å². The lowest BCUT2D eigenvalue weighted by molar-refractivity contribution is -0.130. The zero-order valence-electron chi connectivity index (χ0n) is 23.8. The fourth-order valence-electron chi connectivity index (χ4n) is 5.25. The number of carbonyl (C=O) groups excluding carboxylic acids is 3. The summed E-state index contributed by atoms with van der Waals surface area (Å²) in [5, 5.41) is 27.7. The molecular formula is C29H35N9O3. The molecule has 0 bridgehead atoms. The normalized spacial score (nSPS) is 14.9. The summed E-state index contributed by atoms with van der Waals surface area (Å²) in [6, 6.07) is 16.4. The number of benzene rings is 2. The first-order chi connectivity index (χ1) is 19.7. The number of nitrogens with zero attached hydrogens (tertiary/aromatic N) is 7. The molecule has 3 amide bonds. The van der Waals surface area contributed by atoms with Crippen molar-refractivity contribution in [2.24, 2.45) is 0 Å². The predicted molar refractivity (Wildman–Crippen MR) is 151 cm³/mol. The summed E-state index contributed by atoms with van der Waals surface area (Å²) < 4.78 is 0. The predicted octanol–water partition coefficient (Wildman–Crippen LogP) is 1.43. The van der Waals surface area contributed by atoms with E-state index in [0.29, 0.717) is 42.9 Å². The zero-order valence-corrected chi connectivity index (χ0v) is 23.8. The Bertz CT molecular complexity index is 1330. The van der Waals surface area contributed by atoms with Crippen LogP contribution < -0.4 is 5.32 Å². The molecule has 12 nitrogen and oxygen atoms in total. The molecule has 0 unspecified atom stereocenters. The van der Waals surface area contributed by atoms with Crippen LogP contribution in [-0.2, 0) is 10.2 Å². The van der Waals surface area contributed by atoms with Gasteiger partial charge in [0.05, 0.1) is 18.0 Å². The fourth-order valence-corrected chi connectivity index (χ4v) is 5.25. The summed E-state index contributed by atoms with van der Waals surface area (Å²) in [7, 11) is 6.80. The van der Waals surface area contributed by atoms with Gasteiger partial charge in [-0.1, -0.05) is 29.5 Å². The number of aromatic amines is 1. The summed E-state index contributed by atoms with van der Waals surface area (Å²) in [6.45, 7) is 1.08. The van der Waals surface area contributed by atoms with Crippen LogP contribution >= 0.6 is 0 Å². The highest BCUT2D eigenvalue weighted by Crippen LogP contribution is 2.40. The van der Waals surface area contributed by atoms with Gasteiger partial charge in [-0.25, -0.2) is 0 Å². The number of H-pyrrole nitrogens is 1. The summed E-state index contributed by atoms with van der Waals surface area (Å²) in [5.41, 5.74) is 1.78. The van der Waals surface area contributed by atoms with Gasteiger partial charge >= 0.3 is 0 Å². The van der Waals surface area contributed by atoms with E-state index >= 15 is 0 Å². The molecule has 2 N–H and O–H groups in total. The Labute approximate surface area is 239 Å². The number of rotatable bonds is 10. The number of hydrogen-bond acceptors (Lipinski definition) is 8. The van der Waals surface area contributed by atoms with Crippen LogP contribution in [0, 0.1) is 11.3 Å². The standard InChI is InChI=1S/C29H35N9O3/c1-36(2)26(40)20-7-11-22(12-8-20)29(28-32-34-35-33-28,23-13-9-21(10-14-23)27(41)37(3)4)15-16-31-19-25(39)38-17-5-6-24(38)18-30/h7-14,24,31H,5-6,15-17,19H2,1-4H3,(H,32,33,34,35)/t24-/m0/s1. The summed E-state index contributed by atoms with van der Waals surface area (Å²) in [6.07, 6.45) is 1.95. The number of aromatic nitrogens is 4. The molecule has 1 fully saturated rings. The third-order valence-electron chi connectivity index (χ3n) is 7.46. The molecule has 0 spiro atoms. The van der Waals surface area contributed by atoms with Crippen LogP contribution in [0.1, 0.15) is 56.9 Å². The molecule has 3 aromatic rings. The van der Waals surface area contributed by atoms with Gasteiger partial charge in [-0.15, -0.1) is 10.2 Å². The lowest BCUT2D eigenvalue weighted by atomic mass is 9.71. The van der Waals surface area contributed by atoms with Gasteiger partial charge in [-0.3, -0.25) is 14.4 Å². The van der Waals surface area contributed by atoms with Crippen LogP contribution in [-0.4, -0.2) is 107 Å². The van der Waals surface area contributed by atoms with E-state index in [2.05, 4.69) is 32.0 Å². The van der Waals surface area contributed by atoms with Crippen molar-refractivity contribution in [3.8, 4) is 6.07 Å². The quantitative estimate of drug-likeness (QED) is 0.355. The lowest BCUT2D eigenvalue weighted by Crippen LogP contribution is -2.42. The van der Waals surface area contributed by atoms with Crippen LogP contribution in [0.3, 0.4) is 0 Å². The maximum atomic E-state index is 12.8. The number of likely N-dealkylation sites (tertiary alicyclic amines) is 1. The number of amides is 3. The molecule has 214 valence electrons. The van der Waals surface area contributed by atoms with Gasteiger partial charge in [0.25, 0.3) is 11.8 Å². The van der Waals surface area contributed by atoms with Crippen molar-refractivity contribution in [3.05, 3.63) is 76.6 Å². The minimum absolute atomic E-state index is 0.0903. The Kier molecular flexibility index (Phi) is 9.09. The van der Waals surface area contributed by atoms with Gasteiger partial charge < -0.3 is 20.0 Å². The highest BCUT2D eigenvalue weighted by molar-refractivity contribution is 5.94. The molecular weight excluding hydrogens is 522 g/mol. The number of carbonyl (C=O) groups is 3. The molecule has 0 saturated carbocycles. The monoisotopic (exact) mass is 557 g/mol. The van der Waals surface area contributed by atoms with Crippen molar-refractivity contribution in [2.45, 2.75) is 30.7 Å². The van der Waals surface area contributed by atoms with Crippen LogP contribution in [0.2, 0.25) is 0 Å². The molecule has 0 aliphatic carbocycles. The zero-order chi connectivity index (χ0) is 29.6. The molecule has 2 aromatic carbocycles. The third-order valence-corrected chi connectivity index (χ3v) is 7.46. The number of hydrogen-bond donors (Lipinski definition) is 2. The molecule has 1 atom stereocenters. The van der Waals surface area contributed by atoms with Crippen LogP contribution in [0.5, 0.6) is 0 Å². The Morgan fingerprint density at radius 3 is 2.02 bits per heavy atom. The largest absolute Gasteiger partial charge is 0.345 e. The van der Waals surface area contributed by atoms with Crippen molar-refractivity contribution < 1.29 is 14.4 Å². The number of tetrazole rings is 1. The van der Waals surface area contributed by atoms with Gasteiger partial charge in [0.15, 0.2) is 5.82 Å². The summed E-state index contributed by atoms with van der Waals surface area (Å²) >= 11 is 0. The first-order valence-electron chi connectivity index (χ1n) is 13.5. The van der Waals surface area contributed by atoms with Gasteiger partial charge in [-0.2, -0.15) is 10.5 Å². The van der Waals surface area contributed by atoms with Gasteiger partial charge in [0, 0.05) is 45.9 Å². The number of nitriles is 1. The van der Waals surface area contributed by atoms with Gasteiger partial charge in [0.2, 0.25) is 5.91 Å². The Morgan fingerprint density at radius 1 is 1.00 bits per heavy atom. The van der Waals surface area contributed by atoms with E-state index in [1.165, 1.54) is 9.80 Å². The second-order valence-corrected chi connectivity index (χ2v) is 10.5. The van der Waals surface area contributed by atoms with E-state index in [9.17, 15) is 19.6 Å². The summed E-state index contributed by atoms with van der Waals surface area (Å²) in [4.78, 5) is 42.6. The third kappa shape index (κ3) is 6.10. The van der Waals surface area contributed by atoms with Gasteiger partial charge in [0.1, 0.15) is 6.04 Å². The first kappa shape index (κ1) is 29.4. The van der Waals surface area contributed by atoms with Crippen molar-refractivity contribution in [2.75, 3.05) is 47.8 Å². The SMILES string of the molecule is CN(C)C(=O)c1ccc(C(CCNCC(=O)N2CCC[C@H]2C#N)(c2ccc(C(=O)N(C)C)cc2)c2nn[nH]n2)cc1. The topological polar surface area (TPSA) is 151 Å². The molecule has 1 aromatic heterocycles. The average molecular weight is 558 g/mol. The number of nitrogens with one attached hydrogen (secondary N) is 2. The molecule has 1 saturated heterocycles. The molecule has 41 heavy (non-hydrogen) atoms. The Morgan fingerprint density at radius 2 is 1.56 bits per heavy atom. The molecule has 1 aliphatic heterocycles. The Balaban J connectivity index is 1.69. The van der Waals surface area contributed by atoms with Crippen molar-refractivity contribution in [1.82, 2.24) is 40.6 Å². The molecule has 4 rings (SSSR count). The lowest BCUT2D eigenvalue weighted by Gasteiger charge is -2.33. The maximum absolute atomic E-state index is 12.8. The van der Waals surface area contributed by atoms with Crippen molar-refractivity contribution in [3.63, 3.8) is 0 Å². The van der Waals surface area contributed by atoms with Crippen LogP contribution in [0.15, 0.2) is 48.5 Å². The molecule has 2 heterocycles. The van der Waals surface area contributed by atoms with Crippen molar-refractivity contribution in [1.29, 1.82) is 5.26 Å². The minimum atomic E-state index is -0.925. The molecule has 12 heteroatoms. The first-order valence-corrected chi connectivity index (χ1v) is 13.5. The van der Waals surface area contributed by atoms with Crippen LogP contribution in [0.4, 0.5) is 0 Å². The van der Waals surface area contributed by atoms with Gasteiger partial charge in [-0.05, 0) is 61.2 Å². The second kappa shape index (κ2) is 12.7. The highest BCUT2D eigenvalue weighted by atomic mass is 16.2. The smallest absolute Gasteiger partial charge is 0.253 e. The van der Waals surface area contributed by atoms with E-state index in [1.54, 1.807) is 57.4 Å².